The summed E-state index contributed by atoms with van der Waals surface area (Å²) in [7, 11) is 0. The lowest BCUT2D eigenvalue weighted by Gasteiger charge is -2.53. The average Bonchev–Trinajstić information content (AvgIpc) is 2.52. The summed E-state index contributed by atoms with van der Waals surface area (Å²) in [4.78, 5) is 0. The van der Waals surface area contributed by atoms with Gasteiger partial charge in [0.2, 0.25) is 0 Å². The Labute approximate surface area is 148 Å². The number of rotatable bonds is 2. The van der Waals surface area contributed by atoms with Crippen LogP contribution in [0.25, 0.3) is 0 Å². The third kappa shape index (κ3) is 2.92. The van der Waals surface area contributed by atoms with Gasteiger partial charge in [-0.2, -0.15) is 0 Å². The van der Waals surface area contributed by atoms with Gasteiger partial charge in [-0.1, -0.05) is 87.4 Å². The first-order valence-electron chi connectivity index (χ1n) is 9.39. The number of hydrogen-bond donors (Lipinski definition) is 0. The molecule has 2 aromatic carbocycles. The monoisotopic (exact) mass is 320 g/mol. The molecule has 1 aliphatic rings. The topological polar surface area (TPSA) is 0 Å². The van der Waals surface area contributed by atoms with E-state index in [1.807, 2.05) is 0 Å². The highest BCUT2D eigenvalue weighted by molar-refractivity contribution is 5.43. The second kappa shape index (κ2) is 6.06. The Morgan fingerprint density at radius 2 is 1.17 bits per heavy atom. The summed E-state index contributed by atoms with van der Waals surface area (Å²) in [5.41, 5.74) is 6.14. The molecule has 3 rings (SSSR count). The minimum Gasteiger partial charge on any atom is -0.0622 e. The molecule has 0 nitrogen and oxygen atoms in total. The van der Waals surface area contributed by atoms with Gasteiger partial charge in [0, 0.05) is 5.41 Å². The lowest BCUT2D eigenvalue weighted by atomic mass is 9.51. The quantitative estimate of drug-likeness (QED) is 0.579. The number of benzene rings is 2. The van der Waals surface area contributed by atoms with E-state index < -0.39 is 0 Å². The lowest BCUT2D eigenvalue weighted by molar-refractivity contribution is 0.0682. The molecule has 0 N–H and O–H groups in total. The predicted molar refractivity (Wildman–Crippen MR) is 104 cm³/mol. The third-order valence-electron chi connectivity index (χ3n) is 6.40. The Morgan fingerprint density at radius 1 is 0.750 bits per heavy atom. The van der Waals surface area contributed by atoms with Gasteiger partial charge in [-0.3, -0.25) is 0 Å². The zero-order valence-corrected chi connectivity index (χ0v) is 16.2. The maximum Gasteiger partial charge on any atom is 0.0236 e. The standard InChI is InChI=1S/C24H32/c1-17-7-11-21(12-8-17)24(22-13-9-18(2)10-14-22)16-23(5,6)15-19(3)20(24)4/h7-14,19-20H,15-16H2,1-6H3. The third-order valence-corrected chi connectivity index (χ3v) is 6.40. The first kappa shape index (κ1) is 17.3. The molecule has 24 heavy (non-hydrogen) atoms. The van der Waals surface area contributed by atoms with Crippen molar-refractivity contribution in [1.82, 2.24) is 0 Å². The molecule has 2 atom stereocenters. The van der Waals surface area contributed by atoms with Crippen LogP contribution in [0.15, 0.2) is 48.5 Å². The smallest absolute Gasteiger partial charge is 0.0236 e. The molecule has 0 aliphatic heterocycles. The molecule has 0 saturated heterocycles. The van der Waals surface area contributed by atoms with Crippen LogP contribution in [-0.4, -0.2) is 0 Å². The van der Waals surface area contributed by atoms with E-state index in [0.29, 0.717) is 11.3 Å². The molecule has 0 heteroatoms. The lowest BCUT2D eigenvalue weighted by Crippen LogP contribution is -2.47. The molecule has 1 saturated carbocycles. The summed E-state index contributed by atoms with van der Waals surface area (Å²) >= 11 is 0. The van der Waals surface area contributed by atoms with Gasteiger partial charge in [0.05, 0.1) is 0 Å². The van der Waals surface area contributed by atoms with Crippen molar-refractivity contribution in [3.8, 4) is 0 Å². The zero-order valence-electron chi connectivity index (χ0n) is 16.2. The zero-order chi connectivity index (χ0) is 17.5. The summed E-state index contributed by atoms with van der Waals surface area (Å²) < 4.78 is 0. The molecule has 1 aliphatic carbocycles. The predicted octanol–water partition coefficient (Wildman–Crippen LogP) is 6.68. The van der Waals surface area contributed by atoms with E-state index >= 15 is 0 Å². The largest absolute Gasteiger partial charge is 0.0622 e. The van der Waals surface area contributed by atoms with E-state index in [0.717, 1.165) is 5.92 Å². The van der Waals surface area contributed by atoms with Gasteiger partial charge in [0.1, 0.15) is 0 Å². The van der Waals surface area contributed by atoms with Crippen molar-refractivity contribution in [1.29, 1.82) is 0 Å². The number of hydrogen-bond acceptors (Lipinski definition) is 0. The summed E-state index contributed by atoms with van der Waals surface area (Å²) in [5, 5.41) is 0. The molecule has 2 aromatic rings. The fraction of sp³-hybridized carbons (Fsp3) is 0.500. The Balaban J connectivity index is 2.23. The van der Waals surface area contributed by atoms with Gasteiger partial charge in [0.25, 0.3) is 0 Å². The maximum absolute atomic E-state index is 2.47. The van der Waals surface area contributed by atoms with Crippen LogP contribution >= 0.6 is 0 Å². The Hall–Kier alpha value is -1.56. The van der Waals surface area contributed by atoms with Crippen LogP contribution in [0.2, 0.25) is 0 Å². The summed E-state index contributed by atoms with van der Waals surface area (Å²) in [6.45, 7) is 14.2. The molecule has 1 fully saturated rings. The van der Waals surface area contributed by atoms with Crippen LogP contribution in [0.4, 0.5) is 0 Å². The van der Waals surface area contributed by atoms with Crippen molar-refractivity contribution in [2.75, 3.05) is 0 Å². The van der Waals surface area contributed by atoms with Crippen molar-refractivity contribution < 1.29 is 0 Å². The van der Waals surface area contributed by atoms with E-state index in [1.165, 1.54) is 35.1 Å². The fourth-order valence-electron chi connectivity index (χ4n) is 5.12. The van der Waals surface area contributed by atoms with Crippen molar-refractivity contribution in [3.63, 3.8) is 0 Å². The van der Waals surface area contributed by atoms with Gasteiger partial charge in [-0.25, -0.2) is 0 Å². The van der Waals surface area contributed by atoms with Crippen molar-refractivity contribution >= 4 is 0 Å². The summed E-state index contributed by atoms with van der Waals surface area (Å²) in [5.74, 6) is 1.35. The molecule has 0 bridgehead atoms. The highest BCUT2D eigenvalue weighted by atomic mass is 14.5. The van der Waals surface area contributed by atoms with Crippen molar-refractivity contribution in [2.24, 2.45) is 17.3 Å². The summed E-state index contributed by atoms with van der Waals surface area (Å²) in [6, 6.07) is 18.6. The molecular weight excluding hydrogens is 288 g/mol. The molecule has 0 radical (unpaired) electrons. The van der Waals surface area contributed by atoms with E-state index in [9.17, 15) is 0 Å². The van der Waals surface area contributed by atoms with E-state index in [1.54, 1.807) is 0 Å². The Bertz CT molecular complexity index is 642. The minimum absolute atomic E-state index is 0.114. The first-order valence-corrected chi connectivity index (χ1v) is 9.39. The second-order valence-electron chi connectivity index (χ2n) is 9.01. The van der Waals surface area contributed by atoms with Crippen molar-refractivity contribution in [3.05, 3.63) is 70.8 Å². The average molecular weight is 321 g/mol. The SMILES string of the molecule is Cc1ccc(C2(c3ccc(C)cc3)CC(C)(C)CC(C)C2C)cc1. The van der Waals surface area contributed by atoms with Gasteiger partial charge < -0.3 is 0 Å². The van der Waals surface area contributed by atoms with Gasteiger partial charge in [0.15, 0.2) is 0 Å². The first-order chi connectivity index (χ1) is 11.2. The molecular formula is C24H32. The molecule has 0 spiro atoms. The second-order valence-corrected chi connectivity index (χ2v) is 9.01. The normalized spacial score (nSPS) is 25.4. The van der Waals surface area contributed by atoms with Crippen LogP contribution < -0.4 is 0 Å². The highest BCUT2D eigenvalue weighted by Crippen LogP contribution is 2.56. The summed E-state index contributed by atoms with van der Waals surface area (Å²) in [6.07, 6.45) is 2.53. The molecule has 0 heterocycles. The molecule has 128 valence electrons. The van der Waals surface area contributed by atoms with Gasteiger partial charge in [-0.15, -0.1) is 0 Å². The minimum atomic E-state index is 0.114. The van der Waals surface area contributed by atoms with Gasteiger partial charge in [-0.05, 0) is 55.1 Å². The molecule has 0 amide bonds. The van der Waals surface area contributed by atoms with Crippen molar-refractivity contribution in [2.45, 2.75) is 59.8 Å². The van der Waals surface area contributed by atoms with E-state index in [2.05, 4.69) is 90.1 Å². The molecule has 0 aromatic heterocycles. The van der Waals surface area contributed by atoms with E-state index in [-0.39, 0.29) is 5.41 Å². The Morgan fingerprint density at radius 3 is 1.58 bits per heavy atom. The number of aryl methyl sites for hydroxylation is 2. The van der Waals surface area contributed by atoms with E-state index in [4.69, 9.17) is 0 Å². The maximum atomic E-state index is 2.47. The van der Waals surface area contributed by atoms with Crippen LogP contribution in [0.1, 0.15) is 62.8 Å². The van der Waals surface area contributed by atoms with Crippen LogP contribution in [0.5, 0.6) is 0 Å². The van der Waals surface area contributed by atoms with Crippen LogP contribution in [0.3, 0.4) is 0 Å². The van der Waals surface area contributed by atoms with Crippen LogP contribution in [-0.2, 0) is 5.41 Å². The molecule has 2 unspecified atom stereocenters. The Kier molecular flexibility index (Phi) is 4.36. The van der Waals surface area contributed by atoms with Gasteiger partial charge >= 0.3 is 0 Å². The fourth-order valence-corrected chi connectivity index (χ4v) is 5.12. The van der Waals surface area contributed by atoms with Crippen LogP contribution in [0, 0.1) is 31.1 Å². The highest BCUT2D eigenvalue weighted by Gasteiger charge is 2.49.